The van der Waals surface area contributed by atoms with Crippen molar-refractivity contribution in [2.75, 3.05) is 18.8 Å². The number of thioether (sulfide) groups is 1. The van der Waals surface area contributed by atoms with E-state index in [0.717, 1.165) is 30.1 Å². The highest BCUT2D eigenvalue weighted by molar-refractivity contribution is 8.00. The number of hydrogen-bond donors (Lipinski definition) is 2. The molecule has 1 aliphatic rings. The van der Waals surface area contributed by atoms with Crippen molar-refractivity contribution in [1.82, 2.24) is 15.8 Å². The summed E-state index contributed by atoms with van der Waals surface area (Å²) in [6.07, 6.45) is 2.47. The van der Waals surface area contributed by atoms with E-state index >= 15 is 0 Å². The number of benzene rings is 2. The van der Waals surface area contributed by atoms with Crippen LogP contribution >= 0.6 is 23.4 Å². The monoisotopic (exact) mass is 403 g/mol. The lowest BCUT2D eigenvalue weighted by Crippen LogP contribution is -2.42. The number of carbonyl (C=O) groups excluding carboxylic acids is 2. The van der Waals surface area contributed by atoms with Gasteiger partial charge in [-0.15, -0.1) is 11.8 Å². The summed E-state index contributed by atoms with van der Waals surface area (Å²) in [5.74, 6) is -0.378. The van der Waals surface area contributed by atoms with Crippen LogP contribution in [0.4, 0.5) is 0 Å². The smallest absolute Gasteiger partial charge is 0.269 e. The number of nitrogens with one attached hydrogen (secondary N) is 2. The van der Waals surface area contributed by atoms with Gasteiger partial charge in [-0.1, -0.05) is 23.7 Å². The number of carbonyl (C=O) groups is 2. The maximum absolute atomic E-state index is 12.3. The van der Waals surface area contributed by atoms with Crippen molar-refractivity contribution >= 4 is 35.2 Å². The van der Waals surface area contributed by atoms with E-state index in [4.69, 9.17) is 11.6 Å². The van der Waals surface area contributed by atoms with Gasteiger partial charge in [0.15, 0.2) is 0 Å². The molecule has 1 fully saturated rings. The molecule has 0 saturated carbocycles. The second kappa shape index (κ2) is 9.78. The second-order valence-electron chi connectivity index (χ2n) is 6.43. The molecule has 0 unspecified atom stereocenters. The van der Waals surface area contributed by atoms with Gasteiger partial charge >= 0.3 is 0 Å². The summed E-state index contributed by atoms with van der Waals surface area (Å²) in [6, 6.07) is 14.8. The number of halogens is 1. The first-order valence-corrected chi connectivity index (χ1v) is 10.3. The Morgan fingerprint density at radius 1 is 1.04 bits per heavy atom. The van der Waals surface area contributed by atoms with Crippen LogP contribution in [0.3, 0.4) is 0 Å². The van der Waals surface area contributed by atoms with Crippen molar-refractivity contribution in [3.63, 3.8) is 0 Å². The highest BCUT2D eigenvalue weighted by Crippen LogP contribution is 2.19. The first-order chi connectivity index (χ1) is 13.1. The Hall–Kier alpha value is -2.02. The number of amides is 2. The quantitative estimate of drug-likeness (QED) is 0.572. The standard InChI is InChI=1S/C20H22ClN3O2S/c21-17-6-8-18(9-7-17)27-14-19(25)22-23-20(26)16-5-3-4-15(12-16)13-24-10-1-2-11-24/h3-9,12H,1-2,10-11,13-14H2,(H,22,25)(H,23,26). The molecule has 3 rings (SSSR count). The van der Waals surface area contributed by atoms with Crippen LogP contribution in [0.1, 0.15) is 28.8 Å². The molecule has 0 aromatic heterocycles. The first-order valence-electron chi connectivity index (χ1n) is 8.89. The van der Waals surface area contributed by atoms with E-state index in [0.29, 0.717) is 10.6 Å². The van der Waals surface area contributed by atoms with Crippen molar-refractivity contribution in [2.24, 2.45) is 0 Å². The van der Waals surface area contributed by atoms with Gasteiger partial charge in [-0.05, 0) is 67.9 Å². The third kappa shape index (κ3) is 6.27. The highest BCUT2D eigenvalue weighted by atomic mass is 35.5. The van der Waals surface area contributed by atoms with E-state index in [2.05, 4.69) is 15.8 Å². The summed E-state index contributed by atoms with van der Waals surface area (Å²) in [4.78, 5) is 27.5. The molecule has 0 spiro atoms. The second-order valence-corrected chi connectivity index (χ2v) is 7.91. The maximum atomic E-state index is 12.3. The van der Waals surface area contributed by atoms with Gasteiger partial charge in [0.2, 0.25) is 5.91 Å². The van der Waals surface area contributed by atoms with Gasteiger partial charge in [-0.25, -0.2) is 0 Å². The Kier molecular flexibility index (Phi) is 7.15. The summed E-state index contributed by atoms with van der Waals surface area (Å²) in [5, 5.41) is 0.656. The SMILES string of the molecule is O=C(CSc1ccc(Cl)cc1)NNC(=O)c1cccc(CN2CCCC2)c1. The fraction of sp³-hybridized carbons (Fsp3) is 0.300. The van der Waals surface area contributed by atoms with E-state index < -0.39 is 0 Å². The topological polar surface area (TPSA) is 61.4 Å². The fourth-order valence-corrected chi connectivity index (χ4v) is 3.75. The van der Waals surface area contributed by atoms with E-state index in [1.54, 1.807) is 18.2 Å². The minimum atomic E-state index is -0.317. The molecule has 1 heterocycles. The molecule has 7 heteroatoms. The molecule has 2 N–H and O–H groups in total. The van der Waals surface area contributed by atoms with Gasteiger partial charge < -0.3 is 0 Å². The minimum Gasteiger partial charge on any atom is -0.299 e. The Morgan fingerprint density at radius 3 is 2.52 bits per heavy atom. The van der Waals surface area contributed by atoms with Crippen LogP contribution in [0, 0.1) is 0 Å². The molecule has 0 radical (unpaired) electrons. The molecular formula is C20H22ClN3O2S. The molecule has 142 valence electrons. The largest absolute Gasteiger partial charge is 0.299 e. The van der Waals surface area contributed by atoms with E-state index in [1.165, 1.54) is 24.6 Å². The van der Waals surface area contributed by atoms with Crippen molar-refractivity contribution in [3.05, 3.63) is 64.7 Å². The molecule has 2 amide bonds. The molecular weight excluding hydrogens is 382 g/mol. The van der Waals surface area contributed by atoms with Gasteiger partial charge in [-0.2, -0.15) is 0 Å². The normalized spacial score (nSPS) is 14.1. The molecule has 27 heavy (non-hydrogen) atoms. The van der Waals surface area contributed by atoms with Gasteiger partial charge in [0, 0.05) is 22.0 Å². The Balaban J connectivity index is 1.45. The molecule has 0 atom stereocenters. The summed E-state index contributed by atoms with van der Waals surface area (Å²) < 4.78 is 0. The number of likely N-dealkylation sites (tertiary alicyclic amines) is 1. The van der Waals surface area contributed by atoms with Gasteiger partial charge in [-0.3, -0.25) is 25.3 Å². The number of hydrogen-bond acceptors (Lipinski definition) is 4. The predicted molar refractivity (Wildman–Crippen MR) is 109 cm³/mol. The van der Waals surface area contributed by atoms with Gasteiger partial charge in [0.1, 0.15) is 0 Å². The molecule has 2 aromatic carbocycles. The number of nitrogens with zero attached hydrogens (tertiary/aromatic N) is 1. The lowest BCUT2D eigenvalue weighted by molar-refractivity contribution is -0.119. The molecule has 1 aliphatic heterocycles. The van der Waals surface area contributed by atoms with E-state index in [1.807, 2.05) is 30.3 Å². The molecule has 1 saturated heterocycles. The van der Waals surface area contributed by atoms with E-state index in [-0.39, 0.29) is 17.6 Å². The third-order valence-electron chi connectivity index (χ3n) is 4.29. The zero-order chi connectivity index (χ0) is 19.1. The minimum absolute atomic E-state index is 0.205. The summed E-state index contributed by atoms with van der Waals surface area (Å²) >= 11 is 7.21. The number of hydrazine groups is 1. The molecule has 5 nitrogen and oxygen atoms in total. The van der Waals surface area contributed by atoms with E-state index in [9.17, 15) is 9.59 Å². The van der Waals surface area contributed by atoms with Crippen LogP contribution in [0.5, 0.6) is 0 Å². The van der Waals surface area contributed by atoms with Crippen LogP contribution in [0.2, 0.25) is 5.02 Å². The maximum Gasteiger partial charge on any atom is 0.269 e. The predicted octanol–water partition coefficient (Wildman–Crippen LogP) is 3.49. The van der Waals surface area contributed by atoms with Crippen molar-refractivity contribution in [1.29, 1.82) is 0 Å². The lowest BCUT2D eigenvalue weighted by atomic mass is 10.1. The fourth-order valence-electron chi connectivity index (χ4n) is 2.92. The van der Waals surface area contributed by atoms with Gasteiger partial charge in [0.25, 0.3) is 5.91 Å². The van der Waals surface area contributed by atoms with Crippen LogP contribution in [0.25, 0.3) is 0 Å². The third-order valence-corrected chi connectivity index (χ3v) is 5.56. The average Bonchev–Trinajstić information content (AvgIpc) is 3.19. The Labute approximate surface area is 168 Å². The van der Waals surface area contributed by atoms with Crippen LogP contribution < -0.4 is 10.9 Å². The lowest BCUT2D eigenvalue weighted by Gasteiger charge is -2.15. The van der Waals surface area contributed by atoms with Gasteiger partial charge in [0.05, 0.1) is 5.75 Å². The Bertz CT molecular complexity index is 792. The zero-order valence-corrected chi connectivity index (χ0v) is 16.5. The molecule has 0 bridgehead atoms. The highest BCUT2D eigenvalue weighted by Gasteiger charge is 2.13. The zero-order valence-electron chi connectivity index (χ0n) is 14.9. The molecule has 0 aliphatic carbocycles. The first kappa shape index (κ1) is 19.7. The molecule has 2 aromatic rings. The van der Waals surface area contributed by atoms with Crippen LogP contribution in [-0.4, -0.2) is 35.6 Å². The van der Waals surface area contributed by atoms with Crippen molar-refractivity contribution in [2.45, 2.75) is 24.3 Å². The Morgan fingerprint density at radius 2 is 1.78 bits per heavy atom. The summed E-state index contributed by atoms with van der Waals surface area (Å²) in [7, 11) is 0. The summed E-state index contributed by atoms with van der Waals surface area (Å²) in [5.41, 5.74) is 6.58. The number of rotatable bonds is 6. The summed E-state index contributed by atoms with van der Waals surface area (Å²) in [6.45, 7) is 3.07. The van der Waals surface area contributed by atoms with Crippen LogP contribution in [0.15, 0.2) is 53.4 Å². The van der Waals surface area contributed by atoms with Crippen LogP contribution in [-0.2, 0) is 11.3 Å². The van der Waals surface area contributed by atoms with Crippen molar-refractivity contribution in [3.8, 4) is 0 Å². The average molecular weight is 404 g/mol. The van der Waals surface area contributed by atoms with Crippen molar-refractivity contribution < 1.29 is 9.59 Å².